The van der Waals surface area contributed by atoms with Gasteiger partial charge in [0.2, 0.25) is 0 Å². The van der Waals surface area contributed by atoms with Crippen LogP contribution in [0.4, 0.5) is 0 Å². The summed E-state index contributed by atoms with van der Waals surface area (Å²) < 4.78 is 8.39. The molecule has 0 spiro atoms. The second-order valence-electron chi connectivity index (χ2n) is 0.500. The van der Waals surface area contributed by atoms with Crippen molar-refractivity contribution in [1.82, 2.24) is 0 Å². The summed E-state index contributed by atoms with van der Waals surface area (Å²) in [6.45, 7) is 0. The van der Waals surface area contributed by atoms with Crippen LogP contribution >= 0.6 is 0 Å². The van der Waals surface area contributed by atoms with E-state index < -0.39 is 9.05 Å². The Balaban J connectivity index is 0. The molecule has 0 fully saturated rings. The van der Waals surface area contributed by atoms with E-state index in [0.717, 1.165) is 0 Å². The van der Waals surface area contributed by atoms with Gasteiger partial charge in [-0.25, -0.2) is 0 Å². The van der Waals surface area contributed by atoms with Crippen molar-refractivity contribution < 1.29 is 22.0 Å². The Morgan fingerprint density at radius 1 is 1.00 bits per heavy atom. The van der Waals surface area contributed by atoms with Gasteiger partial charge in [0, 0.05) is 0 Å². The van der Waals surface area contributed by atoms with Crippen LogP contribution in [0.15, 0.2) is 0 Å². The third-order valence-electron chi connectivity index (χ3n) is 0. The van der Waals surface area contributed by atoms with E-state index >= 15 is 0 Å². The monoisotopic (exact) mass is 318 g/mol. The van der Waals surface area contributed by atoms with Crippen molar-refractivity contribution in [1.29, 1.82) is 0 Å². The molecule has 0 bridgehead atoms. The molecule has 7 heteroatoms. The van der Waals surface area contributed by atoms with Gasteiger partial charge in [-0.3, -0.25) is 0 Å². The van der Waals surface area contributed by atoms with Gasteiger partial charge in [-0.1, -0.05) is 0 Å². The van der Waals surface area contributed by atoms with E-state index in [9.17, 15) is 0 Å². The third kappa shape index (κ3) is 277. The number of rotatable bonds is 0. The van der Waals surface area contributed by atoms with Gasteiger partial charge in [-0.2, -0.15) is 0 Å². The zero-order valence-electron chi connectivity index (χ0n) is 3.04. The van der Waals surface area contributed by atoms with E-state index in [1.165, 1.54) is 0 Å². The van der Waals surface area contributed by atoms with E-state index in [1.807, 2.05) is 0 Å². The van der Waals surface area contributed by atoms with Gasteiger partial charge >= 0.3 is 27.5 Å². The Morgan fingerprint density at radius 3 is 1.00 bits per heavy atom. The summed E-state index contributed by atoms with van der Waals surface area (Å²) >= 11 is 0.0556. The molecule has 5 nitrogen and oxygen atoms in total. The Morgan fingerprint density at radius 2 is 1.00 bits per heavy atom. The summed E-state index contributed by atoms with van der Waals surface area (Å²) in [6, 6.07) is 0. The number of hydrogen-bond acceptors (Lipinski definition) is 5. The van der Waals surface area contributed by atoms with Crippen molar-refractivity contribution in [3.05, 3.63) is 0 Å². The fraction of sp³-hybridized carbons (Fsp3) is 0. The number of hydrogen-bond donors (Lipinski definition) is 0. The van der Waals surface area contributed by atoms with Gasteiger partial charge in [0.15, 0.2) is 0 Å². The molecule has 0 amide bonds. The molecule has 0 aliphatic heterocycles. The topological polar surface area (TPSA) is 109 Å². The average Bonchev–Trinajstić information content (AvgIpc) is 1.36. The zero-order valence-corrected chi connectivity index (χ0v) is 7.93. The molecule has 0 rings (SSSR count). The van der Waals surface area contributed by atoms with Crippen LogP contribution in [0.25, 0.3) is 0 Å². The van der Waals surface area contributed by atoms with E-state index in [1.54, 1.807) is 0 Å². The van der Waals surface area contributed by atoms with Gasteiger partial charge in [0.25, 0.3) is 0 Å². The van der Waals surface area contributed by atoms with Gasteiger partial charge < -0.3 is 28.2 Å². The van der Waals surface area contributed by atoms with Crippen LogP contribution < -0.4 is 19.2 Å². The SMILES string of the molecule is [O-][Si]([O-])([O-])[O-].[O]=[BiH+4]. The minimum absolute atomic E-state index is 0.0556. The summed E-state index contributed by atoms with van der Waals surface area (Å²) in [5.74, 6) is 0. The van der Waals surface area contributed by atoms with Crippen molar-refractivity contribution in [2.75, 3.05) is 0 Å². The van der Waals surface area contributed by atoms with Gasteiger partial charge in [-0.05, 0) is 0 Å². The normalized spacial score (nSPS) is 9.14. The molecule has 0 saturated carbocycles. The van der Waals surface area contributed by atoms with E-state index in [-0.39, 0.29) is 24.7 Å². The second kappa shape index (κ2) is 4.89. The van der Waals surface area contributed by atoms with Crippen molar-refractivity contribution in [3.8, 4) is 0 Å². The molecule has 0 aliphatic carbocycles. The molecule has 0 aliphatic rings. The van der Waals surface area contributed by atoms with Crippen LogP contribution in [0.3, 0.4) is 0 Å². The van der Waals surface area contributed by atoms with E-state index in [2.05, 4.69) is 0 Å². The van der Waals surface area contributed by atoms with Crippen molar-refractivity contribution in [2.45, 2.75) is 0 Å². The maximum absolute atomic E-state index is 8.58. The van der Waals surface area contributed by atoms with Gasteiger partial charge in [0.05, 0.1) is 0 Å². The Hall–Kier alpha value is 0.740. The summed E-state index contributed by atoms with van der Waals surface area (Å²) in [7, 11) is -5.61. The Kier molecular flexibility index (Phi) is 7.45. The van der Waals surface area contributed by atoms with Crippen molar-refractivity contribution >= 4 is 33.8 Å². The van der Waals surface area contributed by atoms with Gasteiger partial charge in [0.1, 0.15) is 0 Å². The fourth-order valence-electron chi connectivity index (χ4n) is 0. The molecule has 0 saturated heterocycles. The molecule has 0 aromatic rings. The third-order valence-corrected chi connectivity index (χ3v) is 0. The molecule has 0 N–H and O–H groups in total. The van der Waals surface area contributed by atoms with Crippen LogP contribution in [0.1, 0.15) is 0 Å². The Labute approximate surface area is 56.0 Å². The summed E-state index contributed by atoms with van der Waals surface area (Å²) in [5, 5.41) is 0. The molecule has 0 aromatic heterocycles. The second-order valence-corrected chi connectivity index (χ2v) is 1.50. The first-order valence-corrected chi connectivity index (χ1v) is 4.24. The van der Waals surface area contributed by atoms with E-state index in [0.29, 0.717) is 0 Å². The first-order valence-electron chi connectivity index (χ1n) is 1.02. The zero-order chi connectivity index (χ0) is 6.50. The summed E-state index contributed by atoms with van der Waals surface area (Å²) in [6.07, 6.45) is 0. The molecular formula is HBiO5Si. The van der Waals surface area contributed by atoms with Crippen LogP contribution in [-0.4, -0.2) is 33.8 Å². The molecule has 0 aromatic carbocycles. The average molecular weight is 318 g/mol. The fourth-order valence-corrected chi connectivity index (χ4v) is 0. The molecule has 40 valence electrons. The molecule has 4 radical (unpaired) electrons. The Bertz CT molecular complexity index is 31.8. The summed E-state index contributed by atoms with van der Waals surface area (Å²) in [4.78, 5) is 34.3. The molecule has 0 heterocycles. The van der Waals surface area contributed by atoms with E-state index in [4.69, 9.17) is 22.0 Å². The van der Waals surface area contributed by atoms with Crippen molar-refractivity contribution in [3.63, 3.8) is 0 Å². The predicted molar refractivity (Wildman–Crippen MR) is 13.6 cm³/mol. The minimum atomic E-state index is -5.61. The molecule has 0 unspecified atom stereocenters. The van der Waals surface area contributed by atoms with Crippen LogP contribution in [0, 0.1) is 0 Å². The van der Waals surface area contributed by atoms with Crippen LogP contribution in [0.5, 0.6) is 0 Å². The predicted octanol–water partition coefficient (Wildman–Crippen LogP) is -5.90. The van der Waals surface area contributed by atoms with Crippen LogP contribution in [-0.2, 0) is 2.81 Å². The molecule has 7 heavy (non-hydrogen) atoms. The van der Waals surface area contributed by atoms with Crippen molar-refractivity contribution in [2.24, 2.45) is 0 Å². The van der Waals surface area contributed by atoms with Gasteiger partial charge in [-0.15, -0.1) is 0 Å². The maximum atomic E-state index is 8.58. The molecule has 0 atom stereocenters. The first kappa shape index (κ1) is 10.7. The first-order chi connectivity index (χ1) is 3.00. The quantitative estimate of drug-likeness (QED) is 0.413. The molecular weight excluding hydrogens is 317 g/mol. The van der Waals surface area contributed by atoms with Crippen LogP contribution in [0.2, 0.25) is 0 Å². The standard InChI is InChI=1S/Bi.O4Si.O.H/c;1-5(2,3)4;;/q+4;-4;;. The summed E-state index contributed by atoms with van der Waals surface area (Å²) in [5.41, 5.74) is 0.